The van der Waals surface area contributed by atoms with Gasteiger partial charge in [0.1, 0.15) is 12.1 Å². The molecule has 0 heterocycles. The van der Waals surface area contributed by atoms with Gasteiger partial charge in [-0.2, -0.15) is 0 Å². The number of halogens is 1. The summed E-state index contributed by atoms with van der Waals surface area (Å²) in [4.78, 5) is 22.0. The highest BCUT2D eigenvalue weighted by Crippen LogP contribution is 2.21. The third-order valence-electron chi connectivity index (χ3n) is 2.09. The number of carbonyl (C=O) groups excluding carboxylic acids is 2. The number of benzene rings is 1. The smallest absolute Gasteiger partial charge is 0.224 e. The number of nitrogens with one attached hydrogen (secondary N) is 1. The minimum absolute atomic E-state index is 0.102. The van der Waals surface area contributed by atoms with Crippen molar-refractivity contribution in [2.24, 2.45) is 5.41 Å². The van der Waals surface area contributed by atoms with Crippen molar-refractivity contribution in [3.05, 3.63) is 29.6 Å². The van der Waals surface area contributed by atoms with E-state index in [1.54, 1.807) is 0 Å². The molecule has 0 aromatic heterocycles. The van der Waals surface area contributed by atoms with Crippen molar-refractivity contribution in [3.8, 4) is 0 Å². The molecule has 92 valence electrons. The number of hydrogen-bond acceptors (Lipinski definition) is 2. The first-order valence-corrected chi connectivity index (χ1v) is 5.36. The average Bonchev–Trinajstić information content (AvgIpc) is 2.18. The molecule has 1 aromatic rings. The Morgan fingerprint density at radius 2 is 2.06 bits per heavy atom. The molecule has 0 saturated carbocycles. The van der Waals surface area contributed by atoms with Crippen LogP contribution in [-0.2, 0) is 4.79 Å². The molecule has 0 radical (unpaired) electrons. The van der Waals surface area contributed by atoms with E-state index in [4.69, 9.17) is 0 Å². The summed E-state index contributed by atoms with van der Waals surface area (Å²) in [7, 11) is 0. The van der Waals surface area contributed by atoms with Gasteiger partial charge in [0.15, 0.2) is 0 Å². The Labute approximate surface area is 100 Å². The second-order valence-corrected chi connectivity index (χ2v) is 5.14. The fourth-order valence-corrected chi connectivity index (χ4v) is 1.38. The number of anilines is 1. The van der Waals surface area contributed by atoms with E-state index >= 15 is 0 Å². The Hall–Kier alpha value is -1.71. The lowest BCUT2D eigenvalue weighted by Crippen LogP contribution is -2.20. The molecular weight excluding hydrogens is 221 g/mol. The summed E-state index contributed by atoms with van der Waals surface area (Å²) < 4.78 is 13.5. The van der Waals surface area contributed by atoms with Crippen LogP contribution in [0, 0.1) is 11.2 Å². The molecule has 17 heavy (non-hydrogen) atoms. The summed E-state index contributed by atoms with van der Waals surface area (Å²) in [6.07, 6.45) is 0.867. The highest BCUT2D eigenvalue weighted by atomic mass is 19.1. The summed E-state index contributed by atoms with van der Waals surface area (Å²) in [6.45, 7) is 5.79. The van der Waals surface area contributed by atoms with Gasteiger partial charge in [-0.15, -0.1) is 0 Å². The molecule has 0 aliphatic rings. The third-order valence-corrected chi connectivity index (χ3v) is 2.09. The molecular formula is C13H16FNO2. The molecule has 0 bridgehead atoms. The number of carbonyl (C=O) groups is 2. The molecule has 1 N–H and O–H groups in total. The Balaban J connectivity index is 2.75. The van der Waals surface area contributed by atoms with Gasteiger partial charge in [0.05, 0.1) is 5.69 Å². The summed E-state index contributed by atoms with van der Waals surface area (Å²) in [6, 6.07) is 3.95. The molecule has 1 aromatic carbocycles. The molecule has 1 amide bonds. The van der Waals surface area contributed by atoms with E-state index in [0.29, 0.717) is 12.7 Å². The Kier molecular flexibility index (Phi) is 3.99. The minimum atomic E-state index is -0.600. The van der Waals surface area contributed by atoms with Crippen LogP contribution in [0.2, 0.25) is 0 Å². The first-order valence-electron chi connectivity index (χ1n) is 5.36. The van der Waals surface area contributed by atoms with Gasteiger partial charge < -0.3 is 5.32 Å². The molecule has 0 saturated heterocycles. The van der Waals surface area contributed by atoms with Gasteiger partial charge in [-0.3, -0.25) is 9.59 Å². The molecule has 0 atom stereocenters. The van der Waals surface area contributed by atoms with Crippen LogP contribution in [0.1, 0.15) is 37.6 Å². The molecule has 0 aliphatic heterocycles. The molecule has 0 spiro atoms. The highest BCUT2D eigenvalue weighted by molar-refractivity contribution is 5.91. The maximum absolute atomic E-state index is 13.5. The first kappa shape index (κ1) is 13.4. The van der Waals surface area contributed by atoms with Crippen LogP contribution in [0.4, 0.5) is 10.1 Å². The van der Waals surface area contributed by atoms with Crippen molar-refractivity contribution in [1.29, 1.82) is 0 Å². The summed E-state index contributed by atoms with van der Waals surface area (Å²) in [5.41, 5.74) is 0.199. The molecule has 0 aliphatic carbocycles. The van der Waals surface area contributed by atoms with Crippen molar-refractivity contribution < 1.29 is 14.0 Å². The van der Waals surface area contributed by atoms with Crippen LogP contribution < -0.4 is 5.32 Å². The monoisotopic (exact) mass is 237 g/mol. The van der Waals surface area contributed by atoms with E-state index < -0.39 is 5.82 Å². The lowest BCUT2D eigenvalue weighted by atomic mass is 9.92. The zero-order chi connectivity index (χ0) is 13.1. The fraction of sp³-hybridized carbons (Fsp3) is 0.385. The topological polar surface area (TPSA) is 46.2 Å². The molecule has 4 heteroatoms. The number of rotatable bonds is 3. The van der Waals surface area contributed by atoms with E-state index in [2.05, 4.69) is 5.32 Å². The predicted molar refractivity (Wildman–Crippen MR) is 64.5 cm³/mol. The maximum atomic E-state index is 13.5. The fourth-order valence-electron chi connectivity index (χ4n) is 1.38. The standard InChI is InChI=1S/C13H16FNO2/c1-13(2,3)7-12(17)15-11-5-4-9(8-16)6-10(11)14/h4-6,8H,7H2,1-3H3,(H,15,17). The van der Waals surface area contributed by atoms with Gasteiger partial charge in [-0.1, -0.05) is 20.8 Å². The normalized spacial score (nSPS) is 11.1. The van der Waals surface area contributed by atoms with Crippen LogP contribution in [0.15, 0.2) is 18.2 Å². The van der Waals surface area contributed by atoms with E-state index in [-0.39, 0.29) is 22.6 Å². The van der Waals surface area contributed by atoms with Crippen molar-refractivity contribution in [2.75, 3.05) is 5.32 Å². The van der Waals surface area contributed by atoms with Crippen molar-refractivity contribution in [3.63, 3.8) is 0 Å². The van der Waals surface area contributed by atoms with Gasteiger partial charge in [0.25, 0.3) is 0 Å². The minimum Gasteiger partial charge on any atom is -0.324 e. The molecule has 0 fully saturated rings. The second-order valence-electron chi connectivity index (χ2n) is 5.14. The van der Waals surface area contributed by atoms with E-state index in [1.807, 2.05) is 20.8 Å². The number of amides is 1. The van der Waals surface area contributed by atoms with Gasteiger partial charge in [-0.25, -0.2) is 4.39 Å². The summed E-state index contributed by atoms with van der Waals surface area (Å²) >= 11 is 0. The molecule has 1 rings (SSSR count). The number of hydrogen-bond donors (Lipinski definition) is 1. The third kappa shape index (κ3) is 4.34. The molecule has 3 nitrogen and oxygen atoms in total. The lowest BCUT2D eigenvalue weighted by Gasteiger charge is -2.17. The van der Waals surface area contributed by atoms with E-state index in [9.17, 15) is 14.0 Å². The molecule has 0 unspecified atom stereocenters. The van der Waals surface area contributed by atoms with Gasteiger partial charge in [0, 0.05) is 12.0 Å². The Morgan fingerprint density at radius 1 is 1.41 bits per heavy atom. The largest absolute Gasteiger partial charge is 0.324 e. The Morgan fingerprint density at radius 3 is 2.53 bits per heavy atom. The predicted octanol–water partition coefficient (Wildman–Crippen LogP) is 3.01. The van der Waals surface area contributed by atoms with Crippen LogP contribution in [0.3, 0.4) is 0 Å². The van der Waals surface area contributed by atoms with Crippen LogP contribution >= 0.6 is 0 Å². The van der Waals surface area contributed by atoms with Crippen LogP contribution in [0.25, 0.3) is 0 Å². The van der Waals surface area contributed by atoms with Crippen molar-refractivity contribution in [1.82, 2.24) is 0 Å². The van der Waals surface area contributed by atoms with Crippen molar-refractivity contribution >= 4 is 17.9 Å². The zero-order valence-electron chi connectivity index (χ0n) is 10.2. The second kappa shape index (κ2) is 5.08. The van der Waals surface area contributed by atoms with Gasteiger partial charge in [-0.05, 0) is 23.6 Å². The summed E-state index contributed by atoms with van der Waals surface area (Å²) in [5, 5.41) is 2.49. The van der Waals surface area contributed by atoms with Crippen LogP contribution in [-0.4, -0.2) is 12.2 Å². The van der Waals surface area contributed by atoms with Crippen molar-refractivity contribution in [2.45, 2.75) is 27.2 Å². The van der Waals surface area contributed by atoms with Crippen LogP contribution in [0.5, 0.6) is 0 Å². The van der Waals surface area contributed by atoms with Gasteiger partial charge in [0.2, 0.25) is 5.91 Å². The number of aldehydes is 1. The van der Waals surface area contributed by atoms with E-state index in [1.165, 1.54) is 12.1 Å². The average molecular weight is 237 g/mol. The van der Waals surface area contributed by atoms with E-state index in [0.717, 1.165) is 6.07 Å². The summed E-state index contributed by atoms with van der Waals surface area (Å²) in [5.74, 6) is -0.841. The quantitative estimate of drug-likeness (QED) is 0.821. The zero-order valence-corrected chi connectivity index (χ0v) is 10.2. The SMILES string of the molecule is CC(C)(C)CC(=O)Nc1ccc(C=O)cc1F. The maximum Gasteiger partial charge on any atom is 0.224 e. The highest BCUT2D eigenvalue weighted by Gasteiger charge is 2.16. The van der Waals surface area contributed by atoms with Gasteiger partial charge >= 0.3 is 0 Å². The lowest BCUT2D eigenvalue weighted by molar-refractivity contribution is -0.117. The Bertz CT molecular complexity index is 436. The first-order chi connectivity index (χ1) is 7.81.